The normalized spacial score (nSPS) is 9.88. The Bertz CT molecular complexity index is 467. The average Bonchev–Trinajstić information content (AvgIpc) is 2.49. The monoisotopic (exact) mass is 262 g/mol. The van der Waals surface area contributed by atoms with E-state index in [0.29, 0.717) is 17.1 Å². The zero-order chi connectivity index (χ0) is 10.8. The van der Waals surface area contributed by atoms with Crippen LogP contribution in [0.15, 0.2) is 24.4 Å². The smallest absolute Gasteiger partial charge is 0.180 e. The Balaban J connectivity index is 0.00000128. The lowest BCUT2D eigenvalue weighted by Crippen LogP contribution is -1.88. The summed E-state index contributed by atoms with van der Waals surface area (Å²) in [5.41, 5.74) is 6.03. The zero-order valence-electron chi connectivity index (χ0n) is 8.11. The molecular weight excluding hydrogens is 254 g/mol. The van der Waals surface area contributed by atoms with Crippen LogP contribution >= 0.6 is 23.7 Å². The van der Waals surface area contributed by atoms with Gasteiger partial charge in [-0.1, -0.05) is 0 Å². The van der Waals surface area contributed by atoms with Crippen molar-refractivity contribution in [1.29, 1.82) is 0 Å². The van der Waals surface area contributed by atoms with Crippen LogP contribution in [-0.4, -0.2) is 4.98 Å². The third-order valence-corrected chi connectivity index (χ3v) is 2.70. The van der Waals surface area contributed by atoms with Gasteiger partial charge in [-0.3, -0.25) is 0 Å². The number of thiazole rings is 1. The minimum Gasteiger partial charge on any atom is -0.375 e. The number of hydrogen-bond donors (Lipinski definition) is 1. The molecule has 16 heavy (non-hydrogen) atoms. The van der Waals surface area contributed by atoms with E-state index in [1.54, 1.807) is 6.20 Å². The van der Waals surface area contributed by atoms with Crippen LogP contribution in [0.1, 0.15) is 10.4 Å². The second-order valence-electron chi connectivity index (χ2n) is 3.12. The molecule has 0 aliphatic carbocycles. The number of halogens is 3. The first kappa shape index (κ1) is 12.9. The molecular formula is C10H9ClF2N2S. The van der Waals surface area contributed by atoms with Gasteiger partial charge in [0.2, 0.25) is 0 Å². The summed E-state index contributed by atoms with van der Waals surface area (Å²) in [5.74, 6) is -1.13. The van der Waals surface area contributed by atoms with E-state index in [-0.39, 0.29) is 12.4 Å². The molecule has 0 spiro atoms. The van der Waals surface area contributed by atoms with Crippen LogP contribution in [0.4, 0.5) is 13.9 Å². The summed E-state index contributed by atoms with van der Waals surface area (Å²) in [4.78, 5) is 4.75. The van der Waals surface area contributed by atoms with Gasteiger partial charge in [0.25, 0.3) is 0 Å². The van der Waals surface area contributed by atoms with Gasteiger partial charge in [-0.05, 0) is 17.7 Å². The van der Waals surface area contributed by atoms with E-state index < -0.39 is 11.6 Å². The van der Waals surface area contributed by atoms with Crippen molar-refractivity contribution in [2.75, 3.05) is 5.73 Å². The molecule has 0 amide bonds. The first-order chi connectivity index (χ1) is 7.13. The van der Waals surface area contributed by atoms with Gasteiger partial charge in [0.1, 0.15) is 11.6 Å². The van der Waals surface area contributed by atoms with E-state index in [2.05, 4.69) is 4.98 Å². The van der Waals surface area contributed by atoms with E-state index >= 15 is 0 Å². The highest BCUT2D eigenvalue weighted by atomic mass is 35.5. The van der Waals surface area contributed by atoms with E-state index in [4.69, 9.17) is 5.73 Å². The summed E-state index contributed by atoms with van der Waals surface area (Å²) in [6.45, 7) is 0. The summed E-state index contributed by atoms with van der Waals surface area (Å²) >= 11 is 1.32. The van der Waals surface area contributed by atoms with E-state index in [1.165, 1.54) is 23.5 Å². The zero-order valence-corrected chi connectivity index (χ0v) is 9.75. The highest BCUT2D eigenvalue weighted by Gasteiger charge is 2.04. The topological polar surface area (TPSA) is 38.9 Å². The summed E-state index contributed by atoms with van der Waals surface area (Å²) in [6, 6.07) is 3.46. The molecule has 2 rings (SSSR count). The molecule has 2 N–H and O–H groups in total. The molecule has 1 heterocycles. The van der Waals surface area contributed by atoms with Crippen LogP contribution in [0.3, 0.4) is 0 Å². The summed E-state index contributed by atoms with van der Waals surface area (Å²) in [6.07, 6.45) is 2.06. The molecule has 86 valence electrons. The number of anilines is 1. The molecule has 0 aliphatic rings. The minimum atomic E-state index is -0.567. The van der Waals surface area contributed by atoms with Crippen LogP contribution in [0.25, 0.3) is 0 Å². The van der Waals surface area contributed by atoms with Crippen LogP contribution < -0.4 is 5.73 Å². The third kappa shape index (κ3) is 3.15. The van der Waals surface area contributed by atoms with Crippen molar-refractivity contribution in [1.82, 2.24) is 4.98 Å². The Kier molecular flexibility index (Phi) is 4.20. The van der Waals surface area contributed by atoms with Gasteiger partial charge >= 0.3 is 0 Å². The summed E-state index contributed by atoms with van der Waals surface area (Å²) in [5, 5.41) is 0.460. The second kappa shape index (κ2) is 5.23. The number of aromatic nitrogens is 1. The summed E-state index contributed by atoms with van der Waals surface area (Å²) in [7, 11) is 0. The van der Waals surface area contributed by atoms with Crippen molar-refractivity contribution < 1.29 is 8.78 Å². The van der Waals surface area contributed by atoms with Crippen molar-refractivity contribution in [3.8, 4) is 0 Å². The molecule has 0 bridgehead atoms. The molecule has 2 aromatic rings. The molecule has 0 fully saturated rings. The van der Waals surface area contributed by atoms with Crippen molar-refractivity contribution in [3.63, 3.8) is 0 Å². The van der Waals surface area contributed by atoms with Gasteiger partial charge in [0.05, 0.1) is 0 Å². The maximum absolute atomic E-state index is 12.9. The number of benzene rings is 1. The van der Waals surface area contributed by atoms with Crippen LogP contribution in [0.5, 0.6) is 0 Å². The quantitative estimate of drug-likeness (QED) is 0.904. The van der Waals surface area contributed by atoms with Gasteiger partial charge in [0, 0.05) is 23.6 Å². The number of nitrogens with zero attached hydrogens (tertiary/aromatic N) is 1. The van der Waals surface area contributed by atoms with Gasteiger partial charge in [0.15, 0.2) is 5.13 Å². The van der Waals surface area contributed by atoms with E-state index in [0.717, 1.165) is 10.9 Å². The van der Waals surface area contributed by atoms with Crippen LogP contribution in [0, 0.1) is 11.6 Å². The van der Waals surface area contributed by atoms with Crippen molar-refractivity contribution >= 4 is 28.9 Å². The molecule has 0 aliphatic heterocycles. The Labute approximate surface area is 102 Å². The van der Waals surface area contributed by atoms with Crippen molar-refractivity contribution in [2.24, 2.45) is 0 Å². The highest BCUT2D eigenvalue weighted by Crippen LogP contribution is 2.19. The predicted molar refractivity (Wildman–Crippen MR) is 62.9 cm³/mol. The third-order valence-electron chi connectivity index (χ3n) is 1.87. The fraction of sp³-hybridized carbons (Fsp3) is 0.100. The van der Waals surface area contributed by atoms with E-state index in [9.17, 15) is 8.78 Å². The fourth-order valence-electron chi connectivity index (χ4n) is 1.32. The predicted octanol–water partition coefficient (Wildman–Crippen LogP) is 3.02. The van der Waals surface area contributed by atoms with Gasteiger partial charge < -0.3 is 5.73 Å². The lowest BCUT2D eigenvalue weighted by molar-refractivity contribution is 0.580. The average molecular weight is 263 g/mol. The standard InChI is InChI=1S/C10H8F2N2S.ClH/c11-7-1-6(2-8(12)4-7)3-9-5-14-10(13)15-9;/h1-2,4-5H,3H2,(H2,13,14);1H. The molecule has 1 aromatic carbocycles. The van der Waals surface area contributed by atoms with Crippen molar-refractivity contribution in [3.05, 3.63) is 46.5 Å². The Morgan fingerprint density at radius 2 is 1.81 bits per heavy atom. The number of nitrogen functional groups attached to an aromatic ring is 1. The fourth-order valence-corrected chi connectivity index (χ4v) is 2.04. The lowest BCUT2D eigenvalue weighted by atomic mass is 10.1. The molecule has 0 saturated carbocycles. The summed E-state index contributed by atoms with van der Waals surface area (Å²) < 4.78 is 25.7. The second-order valence-corrected chi connectivity index (χ2v) is 4.27. The highest BCUT2D eigenvalue weighted by molar-refractivity contribution is 7.15. The van der Waals surface area contributed by atoms with E-state index in [1.807, 2.05) is 0 Å². The Morgan fingerprint density at radius 3 is 2.31 bits per heavy atom. The largest absolute Gasteiger partial charge is 0.375 e. The van der Waals surface area contributed by atoms with Gasteiger partial charge in [-0.25, -0.2) is 13.8 Å². The number of rotatable bonds is 2. The molecule has 1 aromatic heterocycles. The first-order valence-electron chi connectivity index (χ1n) is 4.28. The maximum atomic E-state index is 12.9. The SMILES string of the molecule is Cl.Nc1ncc(Cc2cc(F)cc(F)c2)s1. The number of nitrogens with two attached hydrogens (primary N) is 1. The molecule has 6 heteroatoms. The lowest BCUT2D eigenvalue weighted by Gasteiger charge is -1.99. The molecule has 2 nitrogen and oxygen atoms in total. The Morgan fingerprint density at radius 1 is 1.19 bits per heavy atom. The van der Waals surface area contributed by atoms with Gasteiger partial charge in [-0.15, -0.1) is 23.7 Å². The van der Waals surface area contributed by atoms with Crippen molar-refractivity contribution in [2.45, 2.75) is 6.42 Å². The van der Waals surface area contributed by atoms with Gasteiger partial charge in [-0.2, -0.15) is 0 Å². The van der Waals surface area contributed by atoms with Crippen LogP contribution in [0.2, 0.25) is 0 Å². The molecule has 0 atom stereocenters. The minimum absolute atomic E-state index is 0. The molecule has 0 unspecified atom stereocenters. The molecule has 0 radical (unpaired) electrons. The Hall–Kier alpha value is -1.20. The number of hydrogen-bond acceptors (Lipinski definition) is 3. The maximum Gasteiger partial charge on any atom is 0.180 e. The first-order valence-corrected chi connectivity index (χ1v) is 5.10. The molecule has 0 saturated heterocycles. The van der Waals surface area contributed by atoms with Crippen LogP contribution in [-0.2, 0) is 6.42 Å².